The Bertz CT molecular complexity index is 411. The van der Waals surface area contributed by atoms with Crippen molar-refractivity contribution in [3.05, 3.63) is 23.7 Å². The third kappa shape index (κ3) is 2.74. The van der Waals surface area contributed by atoms with E-state index >= 15 is 0 Å². The molecule has 0 aliphatic heterocycles. The van der Waals surface area contributed by atoms with Crippen molar-refractivity contribution in [3.63, 3.8) is 0 Å². The van der Waals surface area contributed by atoms with Gasteiger partial charge in [-0.05, 0) is 63.1 Å². The van der Waals surface area contributed by atoms with Gasteiger partial charge in [-0.3, -0.25) is 0 Å². The van der Waals surface area contributed by atoms with Crippen LogP contribution in [0.15, 0.2) is 16.5 Å². The first-order valence-electron chi connectivity index (χ1n) is 8.01. The Kier molecular flexibility index (Phi) is 3.97. The number of aryl methyl sites for hydroxylation is 1. The van der Waals surface area contributed by atoms with Crippen LogP contribution in [0.4, 0.5) is 0 Å². The highest BCUT2D eigenvalue weighted by Gasteiger charge is 2.36. The third-order valence-corrected chi connectivity index (χ3v) is 5.43. The lowest BCUT2D eigenvalue weighted by Gasteiger charge is -2.41. The molecular weight excluding hydrogens is 234 g/mol. The molecule has 0 saturated heterocycles. The Morgan fingerprint density at radius 2 is 1.89 bits per heavy atom. The zero-order valence-electron chi connectivity index (χ0n) is 12.3. The fourth-order valence-electron chi connectivity index (χ4n) is 4.44. The van der Waals surface area contributed by atoms with E-state index in [-0.39, 0.29) is 0 Å². The molecule has 3 rings (SSSR count). The molecule has 2 saturated carbocycles. The lowest BCUT2D eigenvalue weighted by atomic mass is 9.66. The van der Waals surface area contributed by atoms with Crippen molar-refractivity contribution in [3.8, 4) is 0 Å². The molecule has 1 heterocycles. The zero-order valence-corrected chi connectivity index (χ0v) is 12.3. The fraction of sp³-hybridized carbons (Fsp3) is 0.765. The van der Waals surface area contributed by atoms with Crippen molar-refractivity contribution in [2.45, 2.75) is 57.9 Å². The standard InChI is InChI=1S/C17H27NO/c1-12-7-10-16(19-12)17(18-2)15-9-8-13-5-3-4-6-14(13)11-15/h7,10,13-15,17-18H,3-6,8-9,11H2,1-2H3. The van der Waals surface area contributed by atoms with Gasteiger partial charge in [0.1, 0.15) is 11.5 Å². The summed E-state index contributed by atoms with van der Waals surface area (Å²) in [6, 6.07) is 4.66. The Hall–Kier alpha value is -0.760. The summed E-state index contributed by atoms with van der Waals surface area (Å²) in [4.78, 5) is 0. The van der Waals surface area contributed by atoms with Crippen molar-refractivity contribution in [1.82, 2.24) is 5.32 Å². The van der Waals surface area contributed by atoms with E-state index in [1.807, 2.05) is 6.92 Å². The van der Waals surface area contributed by atoms with Crippen LogP contribution in [0.1, 0.15) is 62.5 Å². The topological polar surface area (TPSA) is 25.2 Å². The van der Waals surface area contributed by atoms with Crippen LogP contribution in [-0.4, -0.2) is 7.05 Å². The van der Waals surface area contributed by atoms with E-state index < -0.39 is 0 Å². The van der Waals surface area contributed by atoms with Crippen LogP contribution >= 0.6 is 0 Å². The monoisotopic (exact) mass is 261 g/mol. The average molecular weight is 261 g/mol. The maximum atomic E-state index is 5.86. The predicted octanol–water partition coefficient (Wildman–Crippen LogP) is 4.46. The highest BCUT2D eigenvalue weighted by molar-refractivity contribution is 5.11. The number of furan rings is 1. The van der Waals surface area contributed by atoms with Gasteiger partial charge in [0, 0.05) is 0 Å². The second-order valence-electron chi connectivity index (χ2n) is 6.59. The first kappa shape index (κ1) is 13.2. The van der Waals surface area contributed by atoms with Crippen LogP contribution in [0.5, 0.6) is 0 Å². The normalized spacial score (nSPS) is 32.8. The Labute approximate surface area is 117 Å². The molecule has 2 nitrogen and oxygen atoms in total. The summed E-state index contributed by atoms with van der Waals surface area (Å²) in [6.45, 7) is 2.04. The van der Waals surface area contributed by atoms with Crippen molar-refractivity contribution in [1.29, 1.82) is 0 Å². The Morgan fingerprint density at radius 1 is 1.11 bits per heavy atom. The number of fused-ring (bicyclic) bond motifs is 1. The van der Waals surface area contributed by atoms with Crippen LogP contribution in [0.2, 0.25) is 0 Å². The molecule has 19 heavy (non-hydrogen) atoms. The average Bonchev–Trinajstić information content (AvgIpc) is 2.86. The minimum Gasteiger partial charge on any atom is -0.465 e. The SMILES string of the molecule is CNC(c1ccc(C)o1)C1CCC2CCCCC2C1. The molecule has 2 heteroatoms. The molecule has 0 bridgehead atoms. The minimum absolute atomic E-state index is 0.413. The molecule has 2 aliphatic rings. The summed E-state index contributed by atoms with van der Waals surface area (Å²) in [5.41, 5.74) is 0. The lowest BCUT2D eigenvalue weighted by Crippen LogP contribution is -2.34. The number of nitrogens with one attached hydrogen (secondary N) is 1. The van der Waals surface area contributed by atoms with E-state index in [0.29, 0.717) is 6.04 Å². The quantitative estimate of drug-likeness (QED) is 0.869. The molecule has 0 spiro atoms. The molecule has 2 aliphatic carbocycles. The molecule has 0 aromatic carbocycles. The third-order valence-electron chi connectivity index (χ3n) is 5.43. The molecule has 1 N–H and O–H groups in total. The number of hydrogen-bond donors (Lipinski definition) is 1. The summed E-state index contributed by atoms with van der Waals surface area (Å²) < 4.78 is 5.86. The summed E-state index contributed by atoms with van der Waals surface area (Å²) in [6.07, 6.45) is 10.1. The smallest absolute Gasteiger partial charge is 0.121 e. The predicted molar refractivity (Wildman–Crippen MR) is 78.0 cm³/mol. The van der Waals surface area contributed by atoms with E-state index in [0.717, 1.165) is 29.3 Å². The van der Waals surface area contributed by atoms with Gasteiger partial charge in [-0.2, -0.15) is 0 Å². The molecule has 2 fully saturated rings. The summed E-state index contributed by atoms with van der Waals surface area (Å²) in [5.74, 6) is 4.94. The van der Waals surface area contributed by atoms with Crippen molar-refractivity contribution in [2.75, 3.05) is 7.05 Å². The van der Waals surface area contributed by atoms with Crippen molar-refractivity contribution >= 4 is 0 Å². The highest BCUT2D eigenvalue weighted by atomic mass is 16.3. The minimum atomic E-state index is 0.413. The van der Waals surface area contributed by atoms with Gasteiger partial charge in [-0.1, -0.05) is 25.7 Å². The molecule has 0 radical (unpaired) electrons. The Morgan fingerprint density at radius 3 is 2.58 bits per heavy atom. The molecular formula is C17H27NO. The van der Waals surface area contributed by atoms with Crippen LogP contribution in [0, 0.1) is 24.7 Å². The van der Waals surface area contributed by atoms with Crippen molar-refractivity contribution in [2.24, 2.45) is 17.8 Å². The van der Waals surface area contributed by atoms with Gasteiger partial charge in [0.05, 0.1) is 6.04 Å². The maximum absolute atomic E-state index is 5.86. The zero-order chi connectivity index (χ0) is 13.2. The van der Waals surface area contributed by atoms with Crippen LogP contribution in [0.25, 0.3) is 0 Å². The molecule has 1 aromatic heterocycles. The number of rotatable bonds is 3. The molecule has 1 aromatic rings. The highest BCUT2D eigenvalue weighted by Crippen LogP contribution is 2.46. The van der Waals surface area contributed by atoms with E-state index in [2.05, 4.69) is 24.5 Å². The molecule has 4 atom stereocenters. The largest absolute Gasteiger partial charge is 0.465 e. The van der Waals surface area contributed by atoms with Crippen LogP contribution < -0.4 is 5.32 Å². The summed E-state index contributed by atoms with van der Waals surface area (Å²) >= 11 is 0. The first-order valence-corrected chi connectivity index (χ1v) is 8.01. The van der Waals surface area contributed by atoms with Crippen LogP contribution in [-0.2, 0) is 0 Å². The molecule has 4 unspecified atom stereocenters. The van der Waals surface area contributed by atoms with Gasteiger partial charge in [-0.15, -0.1) is 0 Å². The lowest BCUT2D eigenvalue weighted by molar-refractivity contribution is 0.106. The van der Waals surface area contributed by atoms with Gasteiger partial charge in [-0.25, -0.2) is 0 Å². The maximum Gasteiger partial charge on any atom is 0.121 e. The first-order chi connectivity index (χ1) is 9.28. The van der Waals surface area contributed by atoms with Crippen molar-refractivity contribution < 1.29 is 4.42 Å². The fourth-order valence-corrected chi connectivity index (χ4v) is 4.44. The van der Waals surface area contributed by atoms with Gasteiger partial charge < -0.3 is 9.73 Å². The van der Waals surface area contributed by atoms with E-state index in [1.165, 1.54) is 44.9 Å². The van der Waals surface area contributed by atoms with E-state index in [4.69, 9.17) is 4.42 Å². The second-order valence-corrected chi connectivity index (χ2v) is 6.59. The molecule has 106 valence electrons. The summed E-state index contributed by atoms with van der Waals surface area (Å²) in [7, 11) is 2.08. The second kappa shape index (κ2) is 5.70. The van der Waals surface area contributed by atoms with Gasteiger partial charge in [0.25, 0.3) is 0 Å². The van der Waals surface area contributed by atoms with Gasteiger partial charge in [0.2, 0.25) is 0 Å². The van der Waals surface area contributed by atoms with E-state index in [1.54, 1.807) is 0 Å². The van der Waals surface area contributed by atoms with E-state index in [9.17, 15) is 0 Å². The Balaban J connectivity index is 1.70. The summed E-state index contributed by atoms with van der Waals surface area (Å²) in [5, 5.41) is 3.50. The van der Waals surface area contributed by atoms with Gasteiger partial charge >= 0.3 is 0 Å². The number of hydrogen-bond acceptors (Lipinski definition) is 2. The van der Waals surface area contributed by atoms with Gasteiger partial charge in [0.15, 0.2) is 0 Å². The van der Waals surface area contributed by atoms with Crippen LogP contribution in [0.3, 0.4) is 0 Å². The molecule has 0 amide bonds.